The zero-order valence-corrected chi connectivity index (χ0v) is 12.3. The number of aromatic nitrogens is 2. The van der Waals surface area contributed by atoms with E-state index in [2.05, 4.69) is 62.7 Å². The molecule has 1 N–H and O–H groups in total. The molecule has 2 atom stereocenters. The predicted octanol–water partition coefficient (Wildman–Crippen LogP) is 3.09. The third-order valence-corrected chi connectivity index (χ3v) is 3.21. The van der Waals surface area contributed by atoms with Gasteiger partial charge in [-0.05, 0) is 53.5 Å². The second kappa shape index (κ2) is 5.21. The van der Waals surface area contributed by atoms with Gasteiger partial charge in [0, 0.05) is 17.8 Å². The van der Waals surface area contributed by atoms with Crippen LogP contribution < -0.4 is 5.32 Å². The van der Waals surface area contributed by atoms with E-state index < -0.39 is 0 Å². The van der Waals surface area contributed by atoms with Crippen molar-refractivity contribution in [3.8, 4) is 0 Å². The highest BCUT2D eigenvalue weighted by Gasteiger charge is 2.19. The summed E-state index contributed by atoms with van der Waals surface area (Å²) in [5.74, 6) is 0.562. The van der Waals surface area contributed by atoms with Gasteiger partial charge in [0.25, 0.3) is 0 Å². The van der Waals surface area contributed by atoms with Crippen molar-refractivity contribution in [2.45, 2.75) is 60.0 Å². The fraction of sp³-hybridized carbons (Fsp3) is 0.786. The Balaban J connectivity index is 2.63. The molecule has 0 bridgehead atoms. The van der Waals surface area contributed by atoms with Crippen LogP contribution in [0.5, 0.6) is 0 Å². The van der Waals surface area contributed by atoms with E-state index in [4.69, 9.17) is 0 Å². The van der Waals surface area contributed by atoms with Gasteiger partial charge in [-0.3, -0.25) is 4.68 Å². The van der Waals surface area contributed by atoms with Crippen LogP contribution in [0.3, 0.4) is 0 Å². The smallest absolute Gasteiger partial charge is 0.0596 e. The second-order valence-corrected chi connectivity index (χ2v) is 6.22. The maximum absolute atomic E-state index is 4.56. The minimum Gasteiger partial charge on any atom is -0.312 e. The van der Waals surface area contributed by atoms with Gasteiger partial charge in [-0.15, -0.1) is 0 Å². The standard InChI is InChI=1S/C14H27N3/c1-10(9-15-14(5,6)7)13(4)17-12(3)8-11(2)16-17/h8,10,13,15H,9H2,1-7H3. The molecule has 0 aromatic carbocycles. The van der Waals surface area contributed by atoms with E-state index in [0.29, 0.717) is 12.0 Å². The molecule has 98 valence electrons. The van der Waals surface area contributed by atoms with Gasteiger partial charge in [-0.2, -0.15) is 5.10 Å². The van der Waals surface area contributed by atoms with Crippen molar-refractivity contribution in [2.24, 2.45) is 5.92 Å². The van der Waals surface area contributed by atoms with E-state index in [-0.39, 0.29) is 5.54 Å². The number of hydrogen-bond donors (Lipinski definition) is 1. The van der Waals surface area contributed by atoms with Crippen LogP contribution in [0.15, 0.2) is 6.07 Å². The van der Waals surface area contributed by atoms with E-state index in [1.54, 1.807) is 0 Å². The molecular weight excluding hydrogens is 210 g/mol. The van der Waals surface area contributed by atoms with Crippen molar-refractivity contribution in [1.82, 2.24) is 15.1 Å². The average Bonchev–Trinajstić information content (AvgIpc) is 2.52. The lowest BCUT2D eigenvalue weighted by atomic mass is 10.0. The first-order chi connectivity index (χ1) is 7.70. The van der Waals surface area contributed by atoms with E-state index >= 15 is 0 Å². The first-order valence-corrected chi connectivity index (χ1v) is 6.48. The van der Waals surface area contributed by atoms with E-state index in [0.717, 1.165) is 12.2 Å². The van der Waals surface area contributed by atoms with Crippen molar-refractivity contribution >= 4 is 0 Å². The zero-order chi connectivity index (χ0) is 13.2. The Labute approximate surface area is 106 Å². The van der Waals surface area contributed by atoms with Crippen LogP contribution in [0.4, 0.5) is 0 Å². The van der Waals surface area contributed by atoms with Crippen molar-refractivity contribution in [1.29, 1.82) is 0 Å². The Morgan fingerprint density at radius 1 is 1.29 bits per heavy atom. The minimum absolute atomic E-state index is 0.184. The molecule has 0 saturated carbocycles. The van der Waals surface area contributed by atoms with Crippen LogP contribution in [-0.2, 0) is 0 Å². The molecule has 0 fully saturated rings. The molecule has 0 spiro atoms. The lowest BCUT2D eigenvalue weighted by molar-refractivity contribution is 0.299. The molecule has 0 aliphatic heterocycles. The summed E-state index contributed by atoms with van der Waals surface area (Å²) in [7, 11) is 0. The molecule has 0 aliphatic carbocycles. The summed E-state index contributed by atoms with van der Waals surface area (Å²) in [6, 6.07) is 2.57. The van der Waals surface area contributed by atoms with Crippen molar-refractivity contribution in [2.75, 3.05) is 6.54 Å². The summed E-state index contributed by atoms with van der Waals surface area (Å²) < 4.78 is 2.14. The molecular formula is C14H27N3. The highest BCUT2D eigenvalue weighted by molar-refractivity contribution is 5.07. The highest BCUT2D eigenvalue weighted by atomic mass is 15.3. The lowest BCUT2D eigenvalue weighted by Gasteiger charge is -2.27. The van der Waals surface area contributed by atoms with Gasteiger partial charge in [-0.1, -0.05) is 6.92 Å². The molecule has 2 unspecified atom stereocenters. The molecule has 1 rings (SSSR count). The molecule has 1 aromatic heterocycles. The Bertz CT molecular complexity index is 360. The quantitative estimate of drug-likeness (QED) is 0.872. The van der Waals surface area contributed by atoms with Crippen LogP contribution >= 0.6 is 0 Å². The maximum atomic E-state index is 4.56. The predicted molar refractivity (Wildman–Crippen MR) is 73.3 cm³/mol. The van der Waals surface area contributed by atoms with Crippen LogP contribution in [0, 0.1) is 19.8 Å². The molecule has 17 heavy (non-hydrogen) atoms. The SMILES string of the molecule is Cc1cc(C)n(C(C)C(C)CNC(C)(C)C)n1. The first kappa shape index (κ1) is 14.2. The third-order valence-electron chi connectivity index (χ3n) is 3.21. The average molecular weight is 237 g/mol. The normalized spacial score (nSPS) is 15.9. The van der Waals surface area contributed by atoms with Gasteiger partial charge in [0.15, 0.2) is 0 Å². The molecule has 1 aromatic rings. The number of nitrogens with one attached hydrogen (secondary N) is 1. The van der Waals surface area contributed by atoms with Crippen LogP contribution in [0.25, 0.3) is 0 Å². The maximum Gasteiger partial charge on any atom is 0.0596 e. The van der Waals surface area contributed by atoms with Gasteiger partial charge in [0.1, 0.15) is 0 Å². The Hall–Kier alpha value is -0.830. The van der Waals surface area contributed by atoms with Gasteiger partial charge in [0.05, 0.1) is 11.7 Å². The van der Waals surface area contributed by atoms with E-state index in [9.17, 15) is 0 Å². The minimum atomic E-state index is 0.184. The number of aryl methyl sites for hydroxylation is 2. The molecule has 3 heteroatoms. The fourth-order valence-corrected chi connectivity index (χ4v) is 1.94. The monoisotopic (exact) mass is 237 g/mol. The summed E-state index contributed by atoms with van der Waals surface area (Å²) >= 11 is 0. The van der Waals surface area contributed by atoms with Crippen molar-refractivity contribution in [3.05, 3.63) is 17.5 Å². The van der Waals surface area contributed by atoms with Gasteiger partial charge < -0.3 is 5.32 Å². The Morgan fingerprint density at radius 2 is 1.88 bits per heavy atom. The zero-order valence-electron chi connectivity index (χ0n) is 12.3. The molecule has 0 saturated heterocycles. The topological polar surface area (TPSA) is 29.9 Å². The Kier molecular flexibility index (Phi) is 4.36. The Morgan fingerprint density at radius 3 is 2.29 bits per heavy atom. The second-order valence-electron chi connectivity index (χ2n) is 6.22. The first-order valence-electron chi connectivity index (χ1n) is 6.48. The summed E-state index contributed by atoms with van der Waals surface area (Å²) in [6.45, 7) is 16.3. The molecule has 0 aliphatic rings. The van der Waals surface area contributed by atoms with E-state index in [1.807, 2.05) is 6.92 Å². The van der Waals surface area contributed by atoms with Gasteiger partial charge in [-0.25, -0.2) is 0 Å². The molecule has 0 radical (unpaired) electrons. The van der Waals surface area contributed by atoms with Crippen molar-refractivity contribution in [3.63, 3.8) is 0 Å². The fourth-order valence-electron chi connectivity index (χ4n) is 1.94. The number of nitrogens with zero attached hydrogens (tertiary/aromatic N) is 2. The van der Waals surface area contributed by atoms with E-state index in [1.165, 1.54) is 5.69 Å². The molecule has 0 amide bonds. The van der Waals surface area contributed by atoms with Gasteiger partial charge >= 0.3 is 0 Å². The molecule has 3 nitrogen and oxygen atoms in total. The van der Waals surface area contributed by atoms with Crippen molar-refractivity contribution < 1.29 is 0 Å². The lowest BCUT2D eigenvalue weighted by Crippen LogP contribution is -2.40. The summed E-state index contributed by atoms with van der Waals surface area (Å²) in [5.41, 5.74) is 2.53. The molecule has 1 heterocycles. The van der Waals surface area contributed by atoms with Crippen LogP contribution in [0.1, 0.15) is 52.0 Å². The number of hydrogen-bond acceptors (Lipinski definition) is 2. The summed E-state index contributed by atoms with van der Waals surface area (Å²) in [4.78, 5) is 0. The van der Waals surface area contributed by atoms with Crippen LogP contribution in [0.2, 0.25) is 0 Å². The van der Waals surface area contributed by atoms with Gasteiger partial charge in [0.2, 0.25) is 0 Å². The largest absolute Gasteiger partial charge is 0.312 e. The summed E-state index contributed by atoms with van der Waals surface area (Å²) in [6.07, 6.45) is 0. The summed E-state index contributed by atoms with van der Waals surface area (Å²) in [5, 5.41) is 8.12. The highest BCUT2D eigenvalue weighted by Crippen LogP contribution is 2.19. The number of rotatable bonds is 4. The third kappa shape index (κ3) is 4.15. The van der Waals surface area contributed by atoms with Crippen LogP contribution in [-0.4, -0.2) is 21.9 Å².